The summed E-state index contributed by atoms with van der Waals surface area (Å²) in [6, 6.07) is 16.9. The Hall–Kier alpha value is -2.79. The lowest BCUT2D eigenvalue weighted by atomic mass is 10.2. The number of ether oxygens (including phenoxy) is 3. The minimum Gasteiger partial charge on any atom is -0.497 e. The lowest BCUT2D eigenvalue weighted by Gasteiger charge is -2.09. The zero-order chi connectivity index (χ0) is 19.1. The molecule has 0 atom stereocenters. The molecule has 0 bridgehead atoms. The van der Waals surface area contributed by atoms with Gasteiger partial charge in [-0.1, -0.05) is 29.8 Å². The third-order valence-electron chi connectivity index (χ3n) is 3.99. The molecule has 0 radical (unpaired) electrons. The number of para-hydroxylation sites is 1. The van der Waals surface area contributed by atoms with Crippen LogP contribution in [0.15, 0.2) is 54.6 Å². The molecule has 5 nitrogen and oxygen atoms in total. The van der Waals surface area contributed by atoms with Crippen LogP contribution in [0.4, 0.5) is 0 Å². The summed E-state index contributed by atoms with van der Waals surface area (Å²) in [4.78, 5) is 16.2. The number of esters is 1. The van der Waals surface area contributed by atoms with Gasteiger partial charge in [0.1, 0.15) is 23.3 Å². The van der Waals surface area contributed by atoms with Crippen LogP contribution in [0.2, 0.25) is 5.15 Å². The molecular weight excluding hydrogens is 366 g/mol. The molecule has 0 N–H and O–H groups in total. The van der Waals surface area contributed by atoms with Gasteiger partial charge in [-0.05, 0) is 42.8 Å². The SMILES string of the molecule is COc1ccc(OCCCC(=O)OCc2cc3ccccc3nc2Cl)cc1. The molecule has 0 unspecified atom stereocenters. The van der Waals surface area contributed by atoms with E-state index in [0.29, 0.717) is 23.7 Å². The fourth-order valence-electron chi connectivity index (χ4n) is 2.55. The monoisotopic (exact) mass is 385 g/mol. The Balaban J connectivity index is 1.42. The van der Waals surface area contributed by atoms with Gasteiger partial charge in [-0.15, -0.1) is 0 Å². The molecule has 6 heteroatoms. The van der Waals surface area contributed by atoms with Gasteiger partial charge in [0.05, 0.1) is 19.2 Å². The fraction of sp³-hybridized carbons (Fsp3) is 0.238. The number of aromatic nitrogens is 1. The van der Waals surface area contributed by atoms with E-state index >= 15 is 0 Å². The molecule has 140 valence electrons. The van der Waals surface area contributed by atoms with Crippen LogP contribution in [-0.4, -0.2) is 24.7 Å². The Kier molecular flexibility index (Phi) is 6.49. The van der Waals surface area contributed by atoms with Gasteiger partial charge < -0.3 is 14.2 Å². The van der Waals surface area contributed by atoms with Crippen molar-refractivity contribution in [1.82, 2.24) is 4.98 Å². The van der Waals surface area contributed by atoms with Crippen molar-refractivity contribution >= 4 is 28.5 Å². The average molecular weight is 386 g/mol. The quantitative estimate of drug-likeness (QED) is 0.316. The van der Waals surface area contributed by atoms with E-state index in [0.717, 1.165) is 22.4 Å². The summed E-state index contributed by atoms with van der Waals surface area (Å²) in [7, 11) is 1.61. The highest BCUT2D eigenvalue weighted by Crippen LogP contribution is 2.21. The maximum absolute atomic E-state index is 11.9. The summed E-state index contributed by atoms with van der Waals surface area (Å²) < 4.78 is 16.0. The van der Waals surface area contributed by atoms with Crippen molar-refractivity contribution in [3.63, 3.8) is 0 Å². The van der Waals surface area contributed by atoms with Gasteiger partial charge in [-0.25, -0.2) is 4.98 Å². The molecule has 1 aromatic heterocycles. The Morgan fingerprint density at radius 2 is 1.81 bits per heavy atom. The molecule has 0 aliphatic carbocycles. The molecule has 0 spiro atoms. The van der Waals surface area contributed by atoms with E-state index in [1.807, 2.05) is 54.6 Å². The second-order valence-corrected chi connectivity index (χ2v) is 6.28. The lowest BCUT2D eigenvalue weighted by molar-refractivity contribution is -0.145. The number of pyridine rings is 1. The van der Waals surface area contributed by atoms with Gasteiger partial charge in [0.25, 0.3) is 0 Å². The van der Waals surface area contributed by atoms with Crippen LogP contribution in [-0.2, 0) is 16.1 Å². The van der Waals surface area contributed by atoms with E-state index < -0.39 is 0 Å². The van der Waals surface area contributed by atoms with Gasteiger partial charge in [0, 0.05) is 17.4 Å². The zero-order valence-corrected chi connectivity index (χ0v) is 15.7. The van der Waals surface area contributed by atoms with E-state index in [1.54, 1.807) is 7.11 Å². The molecule has 0 saturated carbocycles. The topological polar surface area (TPSA) is 57.7 Å². The summed E-state index contributed by atoms with van der Waals surface area (Å²) in [6.45, 7) is 0.536. The molecular formula is C21H20ClNO4. The molecule has 0 amide bonds. The van der Waals surface area contributed by atoms with Crippen molar-refractivity contribution in [2.45, 2.75) is 19.4 Å². The normalized spacial score (nSPS) is 10.6. The predicted molar refractivity (Wildman–Crippen MR) is 104 cm³/mol. The molecule has 0 fully saturated rings. The molecule has 0 saturated heterocycles. The Labute approximate surface area is 162 Å². The van der Waals surface area contributed by atoms with Gasteiger partial charge in [-0.3, -0.25) is 4.79 Å². The smallest absolute Gasteiger partial charge is 0.306 e. The molecule has 27 heavy (non-hydrogen) atoms. The van der Waals surface area contributed by atoms with E-state index in [4.69, 9.17) is 25.8 Å². The van der Waals surface area contributed by atoms with Crippen LogP contribution in [0.5, 0.6) is 11.5 Å². The first-order valence-electron chi connectivity index (χ1n) is 8.62. The number of methoxy groups -OCH3 is 1. The first-order chi connectivity index (χ1) is 13.2. The minimum atomic E-state index is -0.294. The summed E-state index contributed by atoms with van der Waals surface area (Å²) in [6.07, 6.45) is 0.837. The Morgan fingerprint density at radius 1 is 1.07 bits per heavy atom. The third kappa shape index (κ3) is 5.34. The minimum absolute atomic E-state index is 0.106. The van der Waals surface area contributed by atoms with Crippen LogP contribution >= 0.6 is 11.6 Å². The molecule has 3 aromatic rings. The maximum atomic E-state index is 11.9. The first-order valence-corrected chi connectivity index (χ1v) is 9.00. The van der Waals surface area contributed by atoms with Crippen molar-refractivity contribution < 1.29 is 19.0 Å². The van der Waals surface area contributed by atoms with Crippen molar-refractivity contribution in [3.8, 4) is 11.5 Å². The van der Waals surface area contributed by atoms with Gasteiger partial charge in [-0.2, -0.15) is 0 Å². The number of benzene rings is 2. The highest BCUT2D eigenvalue weighted by molar-refractivity contribution is 6.30. The maximum Gasteiger partial charge on any atom is 0.306 e. The van der Waals surface area contributed by atoms with Crippen LogP contribution < -0.4 is 9.47 Å². The van der Waals surface area contributed by atoms with E-state index in [2.05, 4.69) is 4.98 Å². The zero-order valence-electron chi connectivity index (χ0n) is 15.0. The Bertz CT molecular complexity index is 912. The van der Waals surface area contributed by atoms with Crippen molar-refractivity contribution in [3.05, 3.63) is 65.3 Å². The highest BCUT2D eigenvalue weighted by atomic mass is 35.5. The summed E-state index contributed by atoms with van der Waals surface area (Å²) in [5.41, 5.74) is 1.51. The predicted octanol–water partition coefficient (Wildman–Crippen LogP) is 4.80. The number of carbonyl (C=O) groups is 1. The summed E-state index contributed by atoms with van der Waals surface area (Å²) in [5, 5.41) is 1.31. The fourth-order valence-corrected chi connectivity index (χ4v) is 2.75. The van der Waals surface area contributed by atoms with Crippen LogP contribution in [0.3, 0.4) is 0 Å². The number of carbonyl (C=O) groups excluding carboxylic acids is 1. The second-order valence-electron chi connectivity index (χ2n) is 5.92. The lowest BCUT2D eigenvalue weighted by Crippen LogP contribution is -2.07. The third-order valence-corrected chi connectivity index (χ3v) is 4.32. The molecule has 0 aliphatic rings. The van der Waals surface area contributed by atoms with E-state index in [1.165, 1.54) is 0 Å². The molecule has 2 aromatic carbocycles. The van der Waals surface area contributed by atoms with Crippen LogP contribution in [0.25, 0.3) is 10.9 Å². The number of rotatable bonds is 8. The van der Waals surface area contributed by atoms with Crippen LogP contribution in [0, 0.1) is 0 Å². The molecule has 0 aliphatic heterocycles. The number of hydrogen-bond donors (Lipinski definition) is 0. The number of fused-ring (bicyclic) bond motifs is 1. The van der Waals surface area contributed by atoms with Gasteiger partial charge in [0.2, 0.25) is 0 Å². The average Bonchev–Trinajstić information content (AvgIpc) is 2.70. The van der Waals surface area contributed by atoms with Crippen molar-refractivity contribution in [1.29, 1.82) is 0 Å². The standard InChI is InChI=1S/C21H20ClNO4/c1-25-17-8-10-18(11-9-17)26-12-4-7-20(24)27-14-16-13-15-5-2-3-6-19(15)23-21(16)22/h2-3,5-6,8-11,13H,4,7,12,14H2,1H3. The van der Waals surface area contributed by atoms with E-state index in [-0.39, 0.29) is 19.0 Å². The van der Waals surface area contributed by atoms with Crippen LogP contribution in [0.1, 0.15) is 18.4 Å². The highest BCUT2D eigenvalue weighted by Gasteiger charge is 2.09. The number of halogens is 1. The molecule has 3 rings (SSSR count). The summed E-state index contributed by atoms with van der Waals surface area (Å²) >= 11 is 6.17. The van der Waals surface area contributed by atoms with E-state index in [9.17, 15) is 4.79 Å². The first kappa shape index (κ1) is 19.0. The van der Waals surface area contributed by atoms with Crippen molar-refractivity contribution in [2.75, 3.05) is 13.7 Å². The second kappa shape index (κ2) is 9.24. The number of nitrogens with zero attached hydrogens (tertiary/aromatic N) is 1. The van der Waals surface area contributed by atoms with Gasteiger partial charge >= 0.3 is 5.97 Å². The molecule has 1 heterocycles. The Morgan fingerprint density at radius 3 is 2.59 bits per heavy atom. The van der Waals surface area contributed by atoms with Crippen molar-refractivity contribution in [2.24, 2.45) is 0 Å². The summed E-state index contributed by atoms with van der Waals surface area (Å²) in [5.74, 6) is 1.21. The van der Waals surface area contributed by atoms with Gasteiger partial charge in [0.15, 0.2) is 0 Å². The largest absolute Gasteiger partial charge is 0.497 e. The number of hydrogen-bond acceptors (Lipinski definition) is 5.